The van der Waals surface area contributed by atoms with Gasteiger partial charge in [0, 0.05) is 26.8 Å². The van der Waals surface area contributed by atoms with Crippen LogP contribution < -0.4 is 0 Å². The van der Waals surface area contributed by atoms with Crippen LogP contribution in [0.5, 0.6) is 0 Å². The van der Waals surface area contributed by atoms with Crippen LogP contribution in [0.3, 0.4) is 0 Å². The van der Waals surface area contributed by atoms with E-state index in [9.17, 15) is 9.90 Å². The number of aliphatic hydroxyl groups is 1. The van der Waals surface area contributed by atoms with Gasteiger partial charge < -0.3 is 19.3 Å². The molecule has 126 valence electrons. The molecule has 1 N–H and O–H groups in total. The molecular weight excluding hydrogens is 297 g/mol. The van der Waals surface area contributed by atoms with Crippen LogP contribution in [0.25, 0.3) is 0 Å². The summed E-state index contributed by atoms with van der Waals surface area (Å²) in [5.74, 6) is 0. The number of nitrogens with zero attached hydrogens (tertiary/aromatic N) is 1. The first kappa shape index (κ1) is 19.5. The molecule has 1 rings (SSSR count). The van der Waals surface area contributed by atoms with Gasteiger partial charge in [-0.25, -0.2) is 4.79 Å². The van der Waals surface area contributed by atoms with Crippen molar-refractivity contribution in [3.63, 3.8) is 0 Å². The molecule has 1 amide bonds. The minimum Gasteiger partial charge on any atom is -0.444 e. The molecule has 0 bridgehead atoms. The van der Waals surface area contributed by atoms with E-state index in [1.807, 2.05) is 0 Å². The van der Waals surface area contributed by atoms with Crippen molar-refractivity contribution in [1.29, 1.82) is 0 Å². The standard InChI is InChI=1S/C16H24BNO5/c1-15(2,3)23-14(19)18(4)16(17,20)12-9-7-11(8-10-12)13(21-5)22-6/h7-10,13,20H,1-6H3. The maximum Gasteiger partial charge on any atom is 0.411 e. The van der Waals surface area contributed by atoms with Gasteiger partial charge in [0.1, 0.15) is 11.2 Å². The van der Waals surface area contributed by atoms with Gasteiger partial charge in [0.25, 0.3) is 0 Å². The second-order valence-electron chi connectivity index (χ2n) is 6.19. The fourth-order valence-corrected chi connectivity index (χ4v) is 1.92. The van der Waals surface area contributed by atoms with E-state index in [1.165, 1.54) is 21.3 Å². The molecule has 0 aliphatic rings. The van der Waals surface area contributed by atoms with Crippen molar-refractivity contribution in [2.24, 2.45) is 0 Å². The highest BCUT2D eigenvalue weighted by Crippen LogP contribution is 2.25. The molecule has 1 aromatic rings. The third-order valence-electron chi connectivity index (χ3n) is 3.21. The Morgan fingerprint density at radius 2 is 1.65 bits per heavy atom. The Hall–Kier alpha value is -1.57. The maximum absolute atomic E-state index is 12.1. The number of ether oxygens (including phenoxy) is 3. The first-order chi connectivity index (χ1) is 10.5. The third-order valence-corrected chi connectivity index (χ3v) is 3.21. The Morgan fingerprint density at radius 3 is 2.04 bits per heavy atom. The van der Waals surface area contributed by atoms with Crippen LogP contribution in [-0.4, -0.2) is 50.8 Å². The van der Waals surface area contributed by atoms with E-state index in [0.29, 0.717) is 5.56 Å². The van der Waals surface area contributed by atoms with Crippen molar-refractivity contribution in [1.82, 2.24) is 4.90 Å². The van der Waals surface area contributed by atoms with Gasteiger partial charge in [-0.05, 0) is 26.3 Å². The smallest absolute Gasteiger partial charge is 0.411 e. The van der Waals surface area contributed by atoms with Gasteiger partial charge in [0.05, 0.1) is 0 Å². The molecule has 0 aliphatic heterocycles. The number of benzene rings is 1. The van der Waals surface area contributed by atoms with Gasteiger partial charge in [-0.3, -0.25) is 4.90 Å². The van der Waals surface area contributed by atoms with Crippen molar-refractivity contribution >= 4 is 13.9 Å². The number of hydrogen-bond donors (Lipinski definition) is 1. The zero-order chi connectivity index (χ0) is 17.8. The van der Waals surface area contributed by atoms with E-state index in [0.717, 1.165) is 10.5 Å². The number of methoxy groups -OCH3 is 2. The van der Waals surface area contributed by atoms with E-state index in [-0.39, 0.29) is 0 Å². The molecule has 0 heterocycles. The second kappa shape index (κ2) is 7.34. The van der Waals surface area contributed by atoms with Gasteiger partial charge in [-0.15, -0.1) is 0 Å². The average Bonchev–Trinajstić information content (AvgIpc) is 2.46. The minimum atomic E-state index is -2.00. The third kappa shape index (κ3) is 4.96. The number of carbonyl (C=O) groups excluding carboxylic acids is 1. The summed E-state index contributed by atoms with van der Waals surface area (Å²) in [6.45, 7) is 5.20. The predicted molar refractivity (Wildman–Crippen MR) is 86.8 cm³/mol. The molecule has 0 saturated carbocycles. The lowest BCUT2D eigenvalue weighted by Gasteiger charge is -2.36. The van der Waals surface area contributed by atoms with Crippen molar-refractivity contribution in [3.8, 4) is 0 Å². The molecule has 0 spiro atoms. The summed E-state index contributed by atoms with van der Waals surface area (Å²) in [5, 5.41) is 10.5. The Kier molecular flexibility index (Phi) is 6.21. The summed E-state index contributed by atoms with van der Waals surface area (Å²) in [5.41, 5.74) is -1.60. The molecule has 6 nitrogen and oxygen atoms in total. The van der Waals surface area contributed by atoms with Crippen LogP contribution in [0.4, 0.5) is 4.79 Å². The van der Waals surface area contributed by atoms with Crippen molar-refractivity contribution in [3.05, 3.63) is 35.4 Å². The lowest BCUT2D eigenvalue weighted by Crippen LogP contribution is -2.49. The molecule has 2 radical (unpaired) electrons. The van der Waals surface area contributed by atoms with E-state index >= 15 is 0 Å². The summed E-state index contributed by atoms with van der Waals surface area (Å²) < 4.78 is 15.5. The van der Waals surface area contributed by atoms with Crippen LogP contribution in [0.2, 0.25) is 0 Å². The Balaban J connectivity index is 2.97. The molecule has 0 saturated heterocycles. The van der Waals surface area contributed by atoms with Crippen molar-refractivity contribution in [2.45, 2.75) is 38.3 Å². The molecule has 7 heteroatoms. The fraction of sp³-hybridized carbons (Fsp3) is 0.562. The Bertz CT molecular complexity index is 520. The number of amides is 1. The van der Waals surface area contributed by atoms with E-state index in [2.05, 4.69) is 0 Å². The van der Waals surface area contributed by atoms with Gasteiger partial charge >= 0.3 is 6.09 Å². The van der Waals surface area contributed by atoms with Crippen LogP contribution in [-0.2, 0) is 19.8 Å². The quantitative estimate of drug-likeness (QED) is 0.664. The van der Waals surface area contributed by atoms with E-state index < -0.39 is 23.6 Å². The normalized spacial score (nSPS) is 14.4. The zero-order valence-corrected chi connectivity index (χ0v) is 14.5. The van der Waals surface area contributed by atoms with Crippen LogP contribution in [0.15, 0.2) is 24.3 Å². The number of carbonyl (C=O) groups is 1. The monoisotopic (exact) mass is 321 g/mol. The van der Waals surface area contributed by atoms with E-state index in [4.69, 9.17) is 22.1 Å². The second-order valence-corrected chi connectivity index (χ2v) is 6.19. The van der Waals surface area contributed by atoms with Crippen LogP contribution in [0, 0.1) is 0 Å². The largest absolute Gasteiger partial charge is 0.444 e. The van der Waals surface area contributed by atoms with E-state index in [1.54, 1.807) is 45.0 Å². The van der Waals surface area contributed by atoms with Gasteiger partial charge in [0.15, 0.2) is 14.1 Å². The number of hydrogen-bond acceptors (Lipinski definition) is 5. The molecule has 1 unspecified atom stereocenters. The highest BCUT2D eigenvalue weighted by Gasteiger charge is 2.34. The van der Waals surface area contributed by atoms with Gasteiger partial charge in [-0.2, -0.15) is 0 Å². The molecule has 0 aromatic heterocycles. The zero-order valence-electron chi connectivity index (χ0n) is 14.5. The minimum absolute atomic E-state index is 0.334. The van der Waals surface area contributed by atoms with Gasteiger partial charge in [-0.1, -0.05) is 24.3 Å². The summed E-state index contributed by atoms with van der Waals surface area (Å²) in [7, 11) is 10.3. The van der Waals surface area contributed by atoms with Crippen LogP contribution >= 0.6 is 0 Å². The van der Waals surface area contributed by atoms with Crippen molar-refractivity contribution < 1.29 is 24.1 Å². The lowest BCUT2D eigenvalue weighted by atomic mass is 9.82. The summed E-state index contributed by atoms with van der Waals surface area (Å²) in [6, 6.07) is 6.60. The highest BCUT2D eigenvalue weighted by atomic mass is 16.7. The first-order valence-corrected chi connectivity index (χ1v) is 7.17. The molecular formula is C16H24BNO5. The molecule has 1 atom stereocenters. The summed E-state index contributed by atoms with van der Waals surface area (Å²) >= 11 is 0. The highest BCUT2D eigenvalue weighted by molar-refractivity contribution is 6.15. The summed E-state index contributed by atoms with van der Waals surface area (Å²) in [6.07, 6.45) is -1.24. The molecule has 23 heavy (non-hydrogen) atoms. The van der Waals surface area contributed by atoms with Crippen molar-refractivity contribution in [2.75, 3.05) is 21.3 Å². The Labute approximate surface area is 138 Å². The molecule has 0 fully saturated rings. The maximum atomic E-state index is 12.1. The topological polar surface area (TPSA) is 68.2 Å². The molecule has 0 aliphatic carbocycles. The molecule has 1 aromatic carbocycles. The van der Waals surface area contributed by atoms with Gasteiger partial charge in [0.2, 0.25) is 0 Å². The predicted octanol–water partition coefficient (Wildman–Crippen LogP) is 2.12. The number of rotatable bonds is 5. The summed E-state index contributed by atoms with van der Waals surface area (Å²) in [4.78, 5) is 13.0. The van der Waals surface area contributed by atoms with Crippen LogP contribution in [0.1, 0.15) is 38.2 Å². The SMILES string of the molecule is [B]C(O)(c1ccc(C(OC)OC)cc1)N(C)C(=O)OC(C)(C)C. The lowest BCUT2D eigenvalue weighted by molar-refractivity contribution is -0.106. The fourth-order valence-electron chi connectivity index (χ4n) is 1.92. The average molecular weight is 321 g/mol. The first-order valence-electron chi connectivity index (χ1n) is 7.17. The Morgan fingerprint density at radius 1 is 1.17 bits per heavy atom.